The van der Waals surface area contributed by atoms with Crippen molar-refractivity contribution < 1.29 is 14.6 Å². The molecule has 1 atom stereocenters. The lowest BCUT2D eigenvalue weighted by Crippen LogP contribution is -2.29. The van der Waals surface area contributed by atoms with Gasteiger partial charge in [0.15, 0.2) is 11.5 Å². The van der Waals surface area contributed by atoms with E-state index in [4.69, 9.17) is 9.47 Å². The van der Waals surface area contributed by atoms with E-state index in [2.05, 4.69) is 27.4 Å². The van der Waals surface area contributed by atoms with Gasteiger partial charge in [0.25, 0.3) is 0 Å². The number of ether oxygens (including phenoxy) is 2. The van der Waals surface area contributed by atoms with Crippen LogP contribution >= 0.6 is 38.6 Å². The molecular formula is C23H17BrO3S2. The van der Waals surface area contributed by atoms with Gasteiger partial charge in [-0.2, -0.15) is 0 Å². The SMILES string of the molecule is OC(c1ccc(Br)cc1)(c1ccc2c(c1)OCCO2)c1ccsc1-c1cccs1. The molecule has 1 N–H and O–H groups in total. The number of aliphatic hydroxyl groups is 1. The Labute approximate surface area is 185 Å². The van der Waals surface area contributed by atoms with E-state index in [1.54, 1.807) is 22.7 Å². The molecule has 146 valence electrons. The van der Waals surface area contributed by atoms with Crippen molar-refractivity contribution in [2.24, 2.45) is 0 Å². The molecule has 1 aliphatic rings. The summed E-state index contributed by atoms with van der Waals surface area (Å²) in [4.78, 5) is 2.21. The van der Waals surface area contributed by atoms with Crippen LogP contribution in [0.3, 0.4) is 0 Å². The lowest BCUT2D eigenvalue weighted by Gasteiger charge is -2.31. The van der Waals surface area contributed by atoms with E-state index in [1.165, 1.54) is 0 Å². The van der Waals surface area contributed by atoms with E-state index in [9.17, 15) is 5.11 Å². The van der Waals surface area contributed by atoms with Crippen molar-refractivity contribution in [3.63, 3.8) is 0 Å². The number of rotatable bonds is 4. The number of halogens is 1. The molecule has 6 heteroatoms. The maximum absolute atomic E-state index is 12.3. The summed E-state index contributed by atoms with van der Waals surface area (Å²) in [6.45, 7) is 1.04. The van der Waals surface area contributed by atoms with Gasteiger partial charge in [-0.05, 0) is 58.3 Å². The molecule has 0 radical (unpaired) electrons. The van der Waals surface area contributed by atoms with Crippen molar-refractivity contribution in [3.05, 3.63) is 92.6 Å². The minimum atomic E-state index is -1.32. The molecule has 3 nitrogen and oxygen atoms in total. The highest BCUT2D eigenvalue weighted by atomic mass is 79.9. The first-order valence-corrected chi connectivity index (χ1v) is 11.7. The Morgan fingerprint density at radius 3 is 2.34 bits per heavy atom. The molecule has 29 heavy (non-hydrogen) atoms. The third kappa shape index (κ3) is 3.30. The molecule has 2 aromatic heterocycles. The summed E-state index contributed by atoms with van der Waals surface area (Å²) in [5, 5.41) is 16.4. The summed E-state index contributed by atoms with van der Waals surface area (Å²) in [6.07, 6.45) is 0. The second kappa shape index (κ2) is 7.61. The van der Waals surface area contributed by atoms with Crippen LogP contribution < -0.4 is 9.47 Å². The van der Waals surface area contributed by atoms with Crippen LogP contribution in [0, 0.1) is 0 Å². The van der Waals surface area contributed by atoms with Gasteiger partial charge in [0.05, 0.1) is 4.88 Å². The smallest absolute Gasteiger partial charge is 0.161 e. The fraction of sp³-hybridized carbons (Fsp3) is 0.130. The maximum atomic E-state index is 12.3. The molecule has 0 aliphatic carbocycles. The van der Waals surface area contributed by atoms with Crippen LogP contribution in [-0.2, 0) is 5.60 Å². The van der Waals surface area contributed by atoms with Gasteiger partial charge < -0.3 is 14.6 Å². The van der Waals surface area contributed by atoms with E-state index in [-0.39, 0.29) is 0 Å². The highest BCUT2D eigenvalue weighted by Crippen LogP contribution is 2.47. The molecule has 0 amide bonds. The highest BCUT2D eigenvalue weighted by molar-refractivity contribution is 9.10. The van der Waals surface area contributed by atoms with Gasteiger partial charge in [-0.25, -0.2) is 0 Å². The molecule has 4 aromatic rings. The highest BCUT2D eigenvalue weighted by Gasteiger charge is 2.38. The Kier molecular flexibility index (Phi) is 4.95. The molecule has 0 saturated heterocycles. The van der Waals surface area contributed by atoms with Crippen LogP contribution in [0.2, 0.25) is 0 Å². The van der Waals surface area contributed by atoms with Gasteiger partial charge in [-0.15, -0.1) is 22.7 Å². The second-order valence-electron chi connectivity index (χ2n) is 6.72. The van der Waals surface area contributed by atoms with E-state index >= 15 is 0 Å². The van der Waals surface area contributed by atoms with Crippen LogP contribution in [0.15, 0.2) is 75.9 Å². The van der Waals surface area contributed by atoms with E-state index in [0.717, 1.165) is 30.9 Å². The standard InChI is InChI=1S/C23H17BrO3S2/c24-17-6-3-15(4-7-17)23(25,16-5-8-19-20(14-16)27-11-10-26-19)18-9-13-29-22(18)21-2-1-12-28-21/h1-9,12-14,25H,10-11H2. The van der Waals surface area contributed by atoms with Crippen molar-refractivity contribution in [2.45, 2.75) is 5.60 Å². The fourth-order valence-corrected chi connectivity index (χ4v) is 5.73. The van der Waals surface area contributed by atoms with Crippen molar-refractivity contribution in [1.29, 1.82) is 0 Å². The molecule has 2 aromatic carbocycles. The topological polar surface area (TPSA) is 38.7 Å². The van der Waals surface area contributed by atoms with Gasteiger partial charge >= 0.3 is 0 Å². The first-order valence-electron chi connectivity index (χ1n) is 9.16. The zero-order chi connectivity index (χ0) is 19.8. The lowest BCUT2D eigenvalue weighted by molar-refractivity contribution is 0.124. The van der Waals surface area contributed by atoms with Crippen LogP contribution in [-0.4, -0.2) is 18.3 Å². The third-order valence-electron chi connectivity index (χ3n) is 5.02. The summed E-state index contributed by atoms with van der Waals surface area (Å²) in [5.74, 6) is 1.37. The molecule has 1 aliphatic heterocycles. The van der Waals surface area contributed by atoms with Gasteiger partial charge in [-0.1, -0.05) is 40.2 Å². The summed E-state index contributed by atoms with van der Waals surface area (Å²) in [6, 6.07) is 19.7. The van der Waals surface area contributed by atoms with E-state index in [0.29, 0.717) is 24.7 Å². The van der Waals surface area contributed by atoms with Crippen molar-refractivity contribution >= 4 is 38.6 Å². The Hall–Kier alpha value is -2.12. The largest absolute Gasteiger partial charge is 0.486 e. The van der Waals surface area contributed by atoms with Gasteiger partial charge in [0.1, 0.15) is 18.8 Å². The van der Waals surface area contributed by atoms with Gasteiger partial charge in [0.2, 0.25) is 0 Å². The van der Waals surface area contributed by atoms with Crippen molar-refractivity contribution in [3.8, 4) is 21.3 Å². The summed E-state index contributed by atoms with van der Waals surface area (Å²) < 4.78 is 12.4. The molecule has 0 spiro atoms. The number of benzene rings is 2. The third-order valence-corrected chi connectivity index (χ3v) is 7.51. The zero-order valence-electron chi connectivity index (χ0n) is 15.3. The number of hydrogen-bond donors (Lipinski definition) is 1. The van der Waals surface area contributed by atoms with Gasteiger partial charge in [0, 0.05) is 14.9 Å². The minimum absolute atomic E-state index is 0.506. The summed E-state index contributed by atoms with van der Waals surface area (Å²) >= 11 is 6.81. The number of hydrogen-bond acceptors (Lipinski definition) is 5. The normalized spacial score (nSPS) is 15.1. The first kappa shape index (κ1) is 18.9. The minimum Gasteiger partial charge on any atom is -0.486 e. The lowest BCUT2D eigenvalue weighted by atomic mass is 9.80. The molecular weight excluding hydrogens is 468 g/mol. The van der Waals surface area contributed by atoms with Crippen LogP contribution in [0.5, 0.6) is 11.5 Å². The van der Waals surface area contributed by atoms with Gasteiger partial charge in [-0.3, -0.25) is 0 Å². The molecule has 0 saturated carbocycles. The predicted octanol–water partition coefficient (Wildman–Crippen LogP) is 6.29. The zero-order valence-corrected chi connectivity index (χ0v) is 18.5. The molecule has 0 bridgehead atoms. The first-order chi connectivity index (χ1) is 14.2. The van der Waals surface area contributed by atoms with E-state index in [1.807, 2.05) is 60.0 Å². The van der Waals surface area contributed by atoms with Crippen molar-refractivity contribution in [2.75, 3.05) is 13.2 Å². The van der Waals surface area contributed by atoms with Crippen LogP contribution in [0.25, 0.3) is 9.75 Å². The molecule has 0 fully saturated rings. The Bertz CT molecular complexity index is 1140. The second-order valence-corrected chi connectivity index (χ2v) is 9.50. The quantitative estimate of drug-likeness (QED) is 0.369. The molecule has 5 rings (SSSR count). The number of thiophene rings is 2. The maximum Gasteiger partial charge on any atom is 0.161 e. The average molecular weight is 485 g/mol. The predicted molar refractivity (Wildman–Crippen MR) is 121 cm³/mol. The fourth-order valence-electron chi connectivity index (χ4n) is 3.63. The summed E-state index contributed by atoms with van der Waals surface area (Å²) in [7, 11) is 0. The average Bonchev–Trinajstić information content (AvgIpc) is 3.45. The Morgan fingerprint density at radius 2 is 1.59 bits per heavy atom. The Balaban J connectivity index is 1.73. The van der Waals surface area contributed by atoms with E-state index < -0.39 is 5.60 Å². The summed E-state index contributed by atoms with van der Waals surface area (Å²) in [5.41, 5.74) is 1.09. The Morgan fingerprint density at radius 1 is 0.828 bits per heavy atom. The monoisotopic (exact) mass is 484 g/mol. The van der Waals surface area contributed by atoms with Crippen LogP contribution in [0.4, 0.5) is 0 Å². The molecule has 1 unspecified atom stereocenters. The van der Waals surface area contributed by atoms with Crippen LogP contribution in [0.1, 0.15) is 16.7 Å². The number of fused-ring (bicyclic) bond motifs is 1. The molecule has 3 heterocycles. The van der Waals surface area contributed by atoms with Crippen molar-refractivity contribution in [1.82, 2.24) is 0 Å².